The molecule has 0 fully saturated rings. The highest BCUT2D eigenvalue weighted by Gasteiger charge is 2.19. The normalized spacial score (nSPS) is 9.87. The molecule has 4 aromatic rings. The van der Waals surface area contributed by atoms with Crippen molar-refractivity contribution in [2.75, 3.05) is 16.0 Å². The van der Waals surface area contributed by atoms with E-state index < -0.39 is 0 Å². The molecule has 0 heterocycles. The lowest BCUT2D eigenvalue weighted by Crippen LogP contribution is -2.05. The molecule has 31 heavy (non-hydrogen) atoms. The Morgan fingerprint density at radius 3 is 1.42 bits per heavy atom. The Labute approximate surface area is 181 Å². The predicted octanol–water partition coefficient (Wildman–Crippen LogP) is 6.66. The smallest absolute Gasteiger partial charge is 0.104 e. The van der Waals surface area contributed by atoms with Gasteiger partial charge in [0.05, 0.1) is 22.6 Å². The molecule has 0 saturated heterocycles. The second kappa shape index (κ2) is 9.17. The molecule has 3 N–H and O–H groups in total. The molecule has 0 amide bonds. The van der Waals surface area contributed by atoms with E-state index in [0.717, 1.165) is 17.1 Å². The molecule has 0 saturated carbocycles. The van der Waals surface area contributed by atoms with E-state index in [-0.39, 0.29) is 0 Å². The molecular formula is C26H19N5. The van der Waals surface area contributed by atoms with Crippen molar-refractivity contribution in [1.82, 2.24) is 0 Å². The van der Waals surface area contributed by atoms with Crippen molar-refractivity contribution in [1.29, 1.82) is 10.5 Å². The third kappa shape index (κ3) is 4.48. The van der Waals surface area contributed by atoms with Gasteiger partial charge in [0.1, 0.15) is 17.7 Å². The fourth-order valence-electron chi connectivity index (χ4n) is 3.25. The summed E-state index contributed by atoms with van der Waals surface area (Å²) in [5.74, 6) is 0. The van der Waals surface area contributed by atoms with Crippen molar-refractivity contribution in [3.8, 4) is 12.1 Å². The molecule has 0 spiro atoms. The molecule has 0 bridgehead atoms. The summed E-state index contributed by atoms with van der Waals surface area (Å²) in [5, 5.41) is 29.9. The molecule has 148 valence electrons. The Balaban J connectivity index is 1.87. The molecule has 0 aliphatic carbocycles. The zero-order chi connectivity index (χ0) is 21.5. The van der Waals surface area contributed by atoms with Gasteiger partial charge in [-0.05, 0) is 42.5 Å². The zero-order valence-corrected chi connectivity index (χ0v) is 16.6. The number of nitrogens with zero attached hydrogens (tertiary/aromatic N) is 2. The minimum absolute atomic E-state index is 0.352. The molecule has 5 nitrogen and oxygen atoms in total. The molecule has 4 rings (SSSR count). The minimum Gasteiger partial charge on any atom is -0.354 e. The van der Waals surface area contributed by atoms with Crippen molar-refractivity contribution >= 4 is 34.1 Å². The van der Waals surface area contributed by atoms with E-state index in [1.165, 1.54) is 0 Å². The third-order valence-corrected chi connectivity index (χ3v) is 4.70. The summed E-state index contributed by atoms with van der Waals surface area (Å²) in [6, 6.07) is 35.0. The summed E-state index contributed by atoms with van der Waals surface area (Å²) < 4.78 is 0. The van der Waals surface area contributed by atoms with Crippen LogP contribution in [0.4, 0.5) is 34.1 Å². The van der Waals surface area contributed by atoms with Crippen molar-refractivity contribution in [3.63, 3.8) is 0 Å². The molecule has 5 heteroatoms. The van der Waals surface area contributed by atoms with Crippen LogP contribution in [-0.4, -0.2) is 0 Å². The second-order valence-electron chi connectivity index (χ2n) is 6.79. The summed E-state index contributed by atoms with van der Waals surface area (Å²) >= 11 is 0. The van der Waals surface area contributed by atoms with Gasteiger partial charge in [-0.2, -0.15) is 10.5 Å². The zero-order valence-electron chi connectivity index (χ0n) is 16.6. The van der Waals surface area contributed by atoms with Gasteiger partial charge in [0.15, 0.2) is 0 Å². The highest BCUT2D eigenvalue weighted by Crippen LogP contribution is 2.39. The lowest BCUT2D eigenvalue weighted by atomic mass is 10.0. The van der Waals surface area contributed by atoms with Gasteiger partial charge in [-0.3, -0.25) is 0 Å². The van der Waals surface area contributed by atoms with E-state index in [1.807, 2.05) is 91.0 Å². The Morgan fingerprint density at radius 1 is 0.516 bits per heavy atom. The van der Waals surface area contributed by atoms with Gasteiger partial charge in [0, 0.05) is 17.1 Å². The van der Waals surface area contributed by atoms with Gasteiger partial charge in [-0.15, -0.1) is 0 Å². The van der Waals surface area contributed by atoms with Crippen LogP contribution < -0.4 is 16.0 Å². The van der Waals surface area contributed by atoms with Gasteiger partial charge >= 0.3 is 0 Å². The third-order valence-electron chi connectivity index (χ3n) is 4.70. The van der Waals surface area contributed by atoms with E-state index in [4.69, 9.17) is 0 Å². The first-order valence-corrected chi connectivity index (χ1v) is 9.76. The topological polar surface area (TPSA) is 83.7 Å². The quantitative estimate of drug-likeness (QED) is 0.336. The fourth-order valence-corrected chi connectivity index (χ4v) is 3.25. The summed E-state index contributed by atoms with van der Waals surface area (Å²) in [6.07, 6.45) is 0. The molecular weight excluding hydrogens is 382 g/mol. The van der Waals surface area contributed by atoms with Crippen LogP contribution in [0.2, 0.25) is 0 Å². The number of rotatable bonds is 6. The highest BCUT2D eigenvalue weighted by molar-refractivity contribution is 5.91. The first-order valence-electron chi connectivity index (χ1n) is 9.76. The van der Waals surface area contributed by atoms with Crippen LogP contribution in [0.15, 0.2) is 97.1 Å². The fraction of sp³-hybridized carbons (Fsp3) is 0. The number of para-hydroxylation sites is 3. The van der Waals surface area contributed by atoms with Crippen molar-refractivity contribution in [2.45, 2.75) is 0 Å². The lowest BCUT2D eigenvalue weighted by Gasteiger charge is -2.20. The standard InChI is InChI=1S/C26H19N5/c27-17-19-16-24(29-20-10-4-1-5-11-20)26(31-22-14-8-3-9-15-22)23(18-28)25(19)30-21-12-6-2-7-13-21/h1-16,29-31H. The summed E-state index contributed by atoms with van der Waals surface area (Å²) in [7, 11) is 0. The predicted molar refractivity (Wildman–Crippen MR) is 125 cm³/mol. The van der Waals surface area contributed by atoms with Crippen molar-refractivity contribution in [3.05, 3.63) is 108 Å². The Bertz CT molecular complexity index is 1250. The molecule has 4 aromatic carbocycles. The number of nitrogens with one attached hydrogen (secondary N) is 3. The van der Waals surface area contributed by atoms with Gasteiger partial charge < -0.3 is 16.0 Å². The van der Waals surface area contributed by atoms with Crippen LogP contribution in [-0.2, 0) is 0 Å². The van der Waals surface area contributed by atoms with Crippen LogP contribution in [0.25, 0.3) is 0 Å². The maximum Gasteiger partial charge on any atom is 0.104 e. The second-order valence-corrected chi connectivity index (χ2v) is 6.79. The average molecular weight is 401 g/mol. The molecule has 0 unspecified atom stereocenters. The molecule has 0 radical (unpaired) electrons. The van der Waals surface area contributed by atoms with E-state index in [2.05, 4.69) is 28.1 Å². The minimum atomic E-state index is 0.352. The largest absolute Gasteiger partial charge is 0.354 e. The van der Waals surface area contributed by atoms with E-state index in [0.29, 0.717) is 28.2 Å². The molecule has 0 aliphatic heterocycles. The van der Waals surface area contributed by atoms with Gasteiger partial charge in [-0.25, -0.2) is 0 Å². The maximum absolute atomic E-state index is 10.1. The summed E-state index contributed by atoms with van der Waals surface area (Å²) in [6.45, 7) is 0. The molecule has 0 atom stereocenters. The summed E-state index contributed by atoms with van der Waals surface area (Å²) in [5.41, 5.74) is 4.91. The Morgan fingerprint density at radius 2 is 0.968 bits per heavy atom. The van der Waals surface area contributed by atoms with Crippen LogP contribution in [0.3, 0.4) is 0 Å². The van der Waals surface area contributed by atoms with E-state index in [1.54, 1.807) is 6.07 Å². The lowest BCUT2D eigenvalue weighted by molar-refractivity contribution is 1.40. The highest BCUT2D eigenvalue weighted by atomic mass is 15.0. The SMILES string of the molecule is N#Cc1cc(Nc2ccccc2)c(Nc2ccccc2)c(C#N)c1Nc1ccccc1. The van der Waals surface area contributed by atoms with Crippen LogP contribution in [0.5, 0.6) is 0 Å². The summed E-state index contributed by atoms with van der Waals surface area (Å²) in [4.78, 5) is 0. The number of hydrogen-bond donors (Lipinski definition) is 3. The van der Waals surface area contributed by atoms with Gasteiger partial charge in [0.25, 0.3) is 0 Å². The first-order chi connectivity index (χ1) is 15.3. The van der Waals surface area contributed by atoms with Crippen LogP contribution in [0, 0.1) is 22.7 Å². The molecule has 0 aliphatic rings. The van der Waals surface area contributed by atoms with Crippen molar-refractivity contribution in [2.24, 2.45) is 0 Å². The first kappa shape index (κ1) is 19.6. The monoisotopic (exact) mass is 401 g/mol. The Kier molecular flexibility index (Phi) is 5.79. The van der Waals surface area contributed by atoms with Gasteiger partial charge in [0.2, 0.25) is 0 Å². The van der Waals surface area contributed by atoms with E-state index >= 15 is 0 Å². The van der Waals surface area contributed by atoms with Gasteiger partial charge in [-0.1, -0.05) is 54.6 Å². The van der Waals surface area contributed by atoms with Crippen LogP contribution >= 0.6 is 0 Å². The number of benzene rings is 4. The number of hydrogen-bond acceptors (Lipinski definition) is 5. The van der Waals surface area contributed by atoms with Crippen molar-refractivity contribution < 1.29 is 0 Å². The van der Waals surface area contributed by atoms with Crippen LogP contribution in [0.1, 0.15) is 11.1 Å². The van der Waals surface area contributed by atoms with E-state index in [9.17, 15) is 10.5 Å². The average Bonchev–Trinajstić information content (AvgIpc) is 2.82. The maximum atomic E-state index is 10.1. The number of anilines is 6. The molecule has 0 aromatic heterocycles. The Hall–Kier alpha value is -4.74. The number of nitriles is 2.